The molecule has 0 unspecified atom stereocenters. The first kappa shape index (κ1) is 13.9. The lowest BCUT2D eigenvalue weighted by molar-refractivity contribution is 0.181. The van der Waals surface area contributed by atoms with Crippen LogP contribution in [0.3, 0.4) is 0 Å². The van der Waals surface area contributed by atoms with Crippen LogP contribution in [0.15, 0.2) is 29.2 Å². The Morgan fingerprint density at radius 1 is 1.38 bits per heavy atom. The van der Waals surface area contributed by atoms with Crippen molar-refractivity contribution in [3.8, 4) is 6.07 Å². The van der Waals surface area contributed by atoms with Crippen molar-refractivity contribution in [1.29, 1.82) is 5.26 Å². The quantitative estimate of drug-likeness (QED) is 0.695. The van der Waals surface area contributed by atoms with Crippen molar-refractivity contribution in [3.05, 3.63) is 35.5 Å². The highest BCUT2D eigenvalue weighted by atomic mass is 32.2. The number of rotatable bonds is 3. The van der Waals surface area contributed by atoms with Crippen LogP contribution in [0.4, 0.5) is 0 Å². The van der Waals surface area contributed by atoms with Crippen molar-refractivity contribution in [2.45, 2.75) is 11.5 Å². The lowest BCUT2D eigenvalue weighted by Crippen LogP contribution is -2.01. The van der Waals surface area contributed by atoms with Gasteiger partial charge in [-0.2, -0.15) is 5.26 Å². The lowest BCUT2D eigenvalue weighted by Gasteiger charge is -2.09. The molecule has 0 fully saturated rings. The third-order valence-electron chi connectivity index (χ3n) is 3.66. The Hall–Kier alpha value is -2.03. The number of para-hydroxylation sites is 1. The summed E-state index contributed by atoms with van der Waals surface area (Å²) in [7, 11) is 3.62. The average molecular weight is 297 g/mol. The van der Waals surface area contributed by atoms with E-state index in [1.807, 2.05) is 25.4 Å². The molecule has 0 bridgehead atoms. The van der Waals surface area contributed by atoms with Crippen LogP contribution in [0.1, 0.15) is 11.3 Å². The Bertz CT molecular complexity index is 877. The van der Waals surface area contributed by atoms with E-state index in [2.05, 4.69) is 27.8 Å². The molecule has 1 aromatic carbocycles. The number of nitrogens with zero attached hydrogens (tertiary/aromatic N) is 3. The highest BCUT2D eigenvalue weighted by Crippen LogP contribution is 2.37. The van der Waals surface area contributed by atoms with Crippen LogP contribution in [0.2, 0.25) is 0 Å². The van der Waals surface area contributed by atoms with Crippen molar-refractivity contribution in [3.63, 3.8) is 0 Å². The highest BCUT2D eigenvalue weighted by Gasteiger charge is 2.19. The molecule has 3 rings (SSSR count). The van der Waals surface area contributed by atoms with Gasteiger partial charge in [0.05, 0.1) is 23.4 Å². The van der Waals surface area contributed by atoms with Crippen molar-refractivity contribution in [1.82, 2.24) is 9.55 Å². The lowest BCUT2D eigenvalue weighted by atomic mass is 10.1. The Morgan fingerprint density at radius 3 is 2.81 bits per heavy atom. The van der Waals surface area contributed by atoms with Crippen LogP contribution >= 0.6 is 11.8 Å². The molecule has 5 heteroatoms. The summed E-state index contributed by atoms with van der Waals surface area (Å²) in [5.74, 6) is 0. The van der Waals surface area contributed by atoms with E-state index in [4.69, 9.17) is 4.74 Å². The molecular weight excluding hydrogens is 282 g/mol. The van der Waals surface area contributed by atoms with Gasteiger partial charge in [-0.15, -0.1) is 11.8 Å². The van der Waals surface area contributed by atoms with Gasteiger partial charge in [0.2, 0.25) is 0 Å². The number of hydrogen-bond acceptors (Lipinski definition) is 4. The van der Waals surface area contributed by atoms with E-state index in [0.717, 1.165) is 26.8 Å². The number of aromatic nitrogens is 2. The van der Waals surface area contributed by atoms with Gasteiger partial charge in [0, 0.05) is 29.8 Å². The Morgan fingerprint density at radius 2 is 2.14 bits per heavy atom. The van der Waals surface area contributed by atoms with Gasteiger partial charge < -0.3 is 9.30 Å². The molecular formula is C16H15N3OS. The van der Waals surface area contributed by atoms with E-state index >= 15 is 0 Å². The molecule has 0 amide bonds. The Kier molecular flexibility index (Phi) is 3.58. The summed E-state index contributed by atoms with van der Waals surface area (Å²) in [6.45, 7) is 0.341. The largest absolute Gasteiger partial charge is 0.378 e. The SMILES string of the molecule is COCc1nc2c(c(SC)c1C#N)c1ccccc1n2C. The number of nitriles is 1. The van der Waals surface area contributed by atoms with Gasteiger partial charge in [0.15, 0.2) is 0 Å². The second-order valence-corrected chi connectivity index (χ2v) is 5.60. The maximum absolute atomic E-state index is 9.53. The minimum atomic E-state index is 0.341. The Labute approximate surface area is 127 Å². The third kappa shape index (κ3) is 1.99. The summed E-state index contributed by atoms with van der Waals surface area (Å²) in [5, 5.41) is 11.7. The zero-order valence-corrected chi connectivity index (χ0v) is 13.0. The van der Waals surface area contributed by atoms with Crippen LogP contribution < -0.4 is 0 Å². The molecule has 0 aliphatic heterocycles. The number of hydrogen-bond donors (Lipinski definition) is 0. The van der Waals surface area contributed by atoms with Crippen molar-refractivity contribution >= 4 is 33.7 Å². The second-order valence-electron chi connectivity index (χ2n) is 4.79. The van der Waals surface area contributed by atoms with E-state index in [9.17, 15) is 5.26 Å². The first-order valence-electron chi connectivity index (χ1n) is 6.56. The van der Waals surface area contributed by atoms with Gasteiger partial charge >= 0.3 is 0 Å². The highest BCUT2D eigenvalue weighted by molar-refractivity contribution is 7.98. The zero-order valence-electron chi connectivity index (χ0n) is 12.2. The number of methoxy groups -OCH3 is 1. The predicted octanol–water partition coefficient (Wildman–Crippen LogP) is 3.47. The molecule has 106 valence electrons. The number of thioether (sulfide) groups is 1. The van der Waals surface area contributed by atoms with Crippen LogP contribution in [-0.4, -0.2) is 22.9 Å². The van der Waals surface area contributed by atoms with Gasteiger partial charge in [0.1, 0.15) is 11.7 Å². The number of aryl methyl sites for hydroxylation is 1. The summed E-state index contributed by atoms with van der Waals surface area (Å²) in [5.41, 5.74) is 3.33. The third-order valence-corrected chi connectivity index (χ3v) is 4.47. The van der Waals surface area contributed by atoms with E-state index in [1.54, 1.807) is 18.9 Å². The molecule has 21 heavy (non-hydrogen) atoms. The average Bonchev–Trinajstić information content (AvgIpc) is 2.80. The molecule has 0 spiro atoms. The van der Waals surface area contributed by atoms with Crippen LogP contribution in [0.25, 0.3) is 21.9 Å². The fourth-order valence-corrected chi connectivity index (χ4v) is 3.51. The first-order valence-corrected chi connectivity index (χ1v) is 7.78. The van der Waals surface area contributed by atoms with E-state index in [0.29, 0.717) is 17.9 Å². The number of ether oxygens (including phenoxy) is 1. The molecule has 0 aliphatic rings. The van der Waals surface area contributed by atoms with Gasteiger partial charge in [-0.05, 0) is 12.3 Å². The molecule has 2 aromatic heterocycles. The first-order chi connectivity index (χ1) is 10.2. The van der Waals surface area contributed by atoms with E-state index in [1.165, 1.54) is 0 Å². The van der Waals surface area contributed by atoms with Crippen molar-refractivity contribution in [2.75, 3.05) is 13.4 Å². The van der Waals surface area contributed by atoms with Crippen LogP contribution in [-0.2, 0) is 18.4 Å². The van der Waals surface area contributed by atoms with Crippen molar-refractivity contribution < 1.29 is 4.74 Å². The molecule has 0 aliphatic carbocycles. The fraction of sp³-hybridized carbons (Fsp3) is 0.250. The summed E-state index contributed by atoms with van der Waals surface area (Å²) < 4.78 is 7.27. The minimum absolute atomic E-state index is 0.341. The summed E-state index contributed by atoms with van der Waals surface area (Å²) in [6.07, 6.45) is 1.99. The second kappa shape index (κ2) is 5.40. The van der Waals surface area contributed by atoms with E-state index < -0.39 is 0 Å². The molecule has 0 radical (unpaired) electrons. The molecule has 3 aromatic rings. The molecule has 0 saturated carbocycles. The standard InChI is InChI=1S/C16H15N3OS/c1-19-13-7-5-4-6-10(13)14-15(21-3)11(8-17)12(9-20-2)18-16(14)19/h4-7H,9H2,1-3H3. The maximum atomic E-state index is 9.53. The predicted molar refractivity (Wildman–Crippen MR) is 85.4 cm³/mol. The normalized spacial score (nSPS) is 11.1. The number of benzene rings is 1. The summed E-state index contributed by atoms with van der Waals surface area (Å²) >= 11 is 1.59. The summed E-state index contributed by atoms with van der Waals surface area (Å²) in [6, 6.07) is 10.5. The molecule has 0 N–H and O–H groups in total. The molecule has 0 atom stereocenters. The van der Waals surface area contributed by atoms with Gasteiger partial charge in [-0.25, -0.2) is 4.98 Å². The van der Waals surface area contributed by atoms with Crippen molar-refractivity contribution in [2.24, 2.45) is 7.05 Å². The van der Waals surface area contributed by atoms with Crippen LogP contribution in [0, 0.1) is 11.3 Å². The van der Waals surface area contributed by atoms with Gasteiger partial charge in [-0.3, -0.25) is 0 Å². The molecule has 2 heterocycles. The van der Waals surface area contributed by atoms with Gasteiger partial charge in [-0.1, -0.05) is 18.2 Å². The summed E-state index contributed by atoms with van der Waals surface area (Å²) in [4.78, 5) is 5.66. The minimum Gasteiger partial charge on any atom is -0.378 e. The van der Waals surface area contributed by atoms with E-state index in [-0.39, 0.29) is 0 Å². The topological polar surface area (TPSA) is 50.8 Å². The number of pyridine rings is 1. The van der Waals surface area contributed by atoms with Crippen LogP contribution in [0.5, 0.6) is 0 Å². The molecule has 4 nitrogen and oxygen atoms in total. The maximum Gasteiger partial charge on any atom is 0.142 e. The Balaban J connectivity index is 2.54. The fourth-order valence-electron chi connectivity index (χ4n) is 2.73. The monoisotopic (exact) mass is 297 g/mol. The number of fused-ring (bicyclic) bond motifs is 3. The zero-order chi connectivity index (χ0) is 15.0. The van der Waals surface area contributed by atoms with Gasteiger partial charge in [0.25, 0.3) is 0 Å². The molecule has 0 saturated heterocycles. The smallest absolute Gasteiger partial charge is 0.142 e.